The van der Waals surface area contributed by atoms with Crippen molar-refractivity contribution in [2.24, 2.45) is 0 Å². The maximum atomic E-state index is 11.9. The van der Waals surface area contributed by atoms with Gasteiger partial charge in [-0.1, -0.05) is 0 Å². The molecule has 0 spiro atoms. The Kier molecular flexibility index (Phi) is 4.34. The summed E-state index contributed by atoms with van der Waals surface area (Å²) < 4.78 is 5.11. The number of amides is 1. The molecule has 0 saturated carbocycles. The quantitative estimate of drug-likeness (QED) is 0.722. The highest BCUT2D eigenvalue weighted by atomic mass is 16.5. The minimum absolute atomic E-state index is 0.00438. The molecule has 2 unspecified atom stereocenters. The number of carbonyl (C=O) groups excluding carboxylic acids is 1. The van der Waals surface area contributed by atoms with Crippen molar-refractivity contribution < 1.29 is 14.6 Å². The van der Waals surface area contributed by atoms with Crippen molar-refractivity contribution in [3.05, 3.63) is 24.3 Å². The Balaban J connectivity index is 1.89. The number of anilines is 1. The van der Waals surface area contributed by atoms with Crippen molar-refractivity contribution in [1.82, 2.24) is 5.32 Å². The van der Waals surface area contributed by atoms with E-state index in [0.717, 1.165) is 0 Å². The van der Waals surface area contributed by atoms with Gasteiger partial charge < -0.3 is 20.5 Å². The minimum atomic E-state index is -0.461. The van der Waals surface area contributed by atoms with Gasteiger partial charge in [0.15, 0.2) is 6.61 Å². The first-order chi connectivity index (χ1) is 9.19. The number of carbonyl (C=O) groups is 1. The fraction of sp³-hybridized carbons (Fsp3) is 0.385. The van der Waals surface area contributed by atoms with E-state index in [1.165, 1.54) is 0 Å². The van der Waals surface area contributed by atoms with Crippen molar-refractivity contribution in [3.63, 3.8) is 0 Å². The van der Waals surface area contributed by atoms with Gasteiger partial charge in [-0.15, -0.1) is 0 Å². The van der Waals surface area contributed by atoms with Crippen LogP contribution in [0.4, 0.5) is 5.69 Å². The molecule has 19 heavy (non-hydrogen) atoms. The number of benzene rings is 1. The third kappa shape index (κ3) is 3.68. The van der Waals surface area contributed by atoms with Crippen molar-refractivity contribution in [2.45, 2.75) is 18.6 Å². The fourth-order valence-electron chi connectivity index (χ4n) is 1.90. The Hall–Kier alpha value is -2.10. The van der Waals surface area contributed by atoms with Crippen LogP contribution in [-0.4, -0.2) is 36.3 Å². The minimum Gasteiger partial charge on any atom is -0.479 e. The van der Waals surface area contributed by atoms with Gasteiger partial charge in [0.2, 0.25) is 5.91 Å². The molecular formula is C13H15N3O3. The van der Waals surface area contributed by atoms with Crippen LogP contribution in [0.3, 0.4) is 0 Å². The van der Waals surface area contributed by atoms with Crippen LogP contribution >= 0.6 is 0 Å². The summed E-state index contributed by atoms with van der Waals surface area (Å²) in [5.41, 5.74) is 0.650. The van der Waals surface area contributed by atoms with E-state index in [4.69, 9.17) is 10.00 Å². The summed E-state index contributed by atoms with van der Waals surface area (Å²) in [6.45, 7) is 0.439. The molecule has 1 aliphatic heterocycles. The summed E-state index contributed by atoms with van der Waals surface area (Å²) in [7, 11) is 0. The van der Waals surface area contributed by atoms with E-state index >= 15 is 0 Å². The number of nitrogens with zero attached hydrogens (tertiary/aromatic N) is 1. The summed E-state index contributed by atoms with van der Waals surface area (Å²) >= 11 is 0. The van der Waals surface area contributed by atoms with Crippen LogP contribution < -0.4 is 15.4 Å². The molecule has 1 saturated heterocycles. The molecule has 0 aromatic heterocycles. The third-order valence-corrected chi connectivity index (χ3v) is 2.85. The van der Waals surface area contributed by atoms with Crippen molar-refractivity contribution >= 4 is 11.6 Å². The second-order valence-electron chi connectivity index (χ2n) is 4.31. The van der Waals surface area contributed by atoms with Crippen LogP contribution in [0.1, 0.15) is 6.42 Å². The van der Waals surface area contributed by atoms with E-state index in [1.807, 2.05) is 6.07 Å². The third-order valence-electron chi connectivity index (χ3n) is 2.85. The van der Waals surface area contributed by atoms with E-state index < -0.39 is 6.10 Å². The highest BCUT2D eigenvalue weighted by Gasteiger charge is 2.27. The molecule has 0 radical (unpaired) electrons. The molecule has 0 bridgehead atoms. The molecule has 1 aromatic carbocycles. The maximum absolute atomic E-state index is 11.9. The number of nitrogens with one attached hydrogen (secondary N) is 2. The fourth-order valence-corrected chi connectivity index (χ4v) is 1.90. The van der Waals surface area contributed by atoms with Crippen molar-refractivity contribution in [2.75, 3.05) is 18.5 Å². The van der Waals surface area contributed by atoms with Gasteiger partial charge in [-0.3, -0.25) is 4.79 Å². The molecule has 3 N–H and O–H groups in total. The van der Waals surface area contributed by atoms with Crippen molar-refractivity contribution in [3.8, 4) is 11.8 Å². The van der Waals surface area contributed by atoms with Crippen LogP contribution in [0.25, 0.3) is 0 Å². The summed E-state index contributed by atoms with van der Waals surface area (Å²) in [6, 6.07) is 8.30. The first-order valence-corrected chi connectivity index (χ1v) is 6.01. The van der Waals surface area contributed by atoms with E-state index in [0.29, 0.717) is 24.4 Å². The zero-order valence-corrected chi connectivity index (χ0v) is 10.3. The van der Waals surface area contributed by atoms with E-state index in [-0.39, 0.29) is 18.6 Å². The van der Waals surface area contributed by atoms with Gasteiger partial charge in [-0.2, -0.15) is 5.26 Å². The lowest BCUT2D eigenvalue weighted by Gasteiger charge is -2.11. The maximum Gasteiger partial charge on any atom is 0.241 e. The highest BCUT2D eigenvalue weighted by Crippen LogP contribution is 2.16. The van der Waals surface area contributed by atoms with Crippen LogP contribution in [0.5, 0.6) is 5.75 Å². The zero-order valence-electron chi connectivity index (χ0n) is 10.3. The standard InChI is InChI=1S/C13H15N3O3/c14-5-6-19-11-3-1-9(2-4-11)16-13(18)12-7-10(17)8-15-12/h1-4,10,12,15,17H,6-8H2,(H,16,18). The lowest BCUT2D eigenvalue weighted by atomic mass is 10.2. The number of β-amino-alcohol motifs (C(OH)–C–C–N with tert-alkyl or cyclic N) is 1. The Morgan fingerprint density at radius 3 is 2.84 bits per heavy atom. The van der Waals surface area contributed by atoms with Crippen LogP contribution in [0.2, 0.25) is 0 Å². The van der Waals surface area contributed by atoms with Gasteiger partial charge in [0.1, 0.15) is 11.8 Å². The molecular weight excluding hydrogens is 246 g/mol. The van der Waals surface area contributed by atoms with Crippen LogP contribution in [0.15, 0.2) is 24.3 Å². The number of rotatable bonds is 4. The summed E-state index contributed by atoms with van der Waals surface area (Å²) in [5, 5.41) is 23.4. The lowest BCUT2D eigenvalue weighted by molar-refractivity contribution is -0.117. The van der Waals surface area contributed by atoms with Gasteiger partial charge in [0.05, 0.1) is 12.1 Å². The first-order valence-electron chi connectivity index (χ1n) is 6.01. The van der Waals surface area contributed by atoms with Crippen molar-refractivity contribution in [1.29, 1.82) is 5.26 Å². The lowest BCUT2D eigenvalue weighted by Crippen LogP contribution is -2.35. The van der Waals surface area contributed by atoms with Crippen LogP contribution in [0, 0.1) is 11.3 Å². The summed E-state index contributed by atoms with van der Waals surface area (Å²) in [4.78, 5) is 11.9. The Morgan fingerprint density at radius 1 is 1.53 bits per heavy atom. The second kappa shape index (κ2) is 6.18. The molecule has 1 amide bonds. The van der Waals surface area contributed by atoms with Gasteiger partial charge in [0.25, 0.3) is 0 Å². The van der Waals surface area contributed by atoms with E-state index in [1.54, 1.807) is 24.3 Å². The van der Waals surface area contributed by atoms with Gasteiger partial charge in [-0.05, 0) is 30.7 Å². The Morgan fingerprint density at radius 2 is 2.26 bits per heavy atom. The normalized spacial score (nSPS) is 21.7. The van der Waals surface area contributed by atoms with Gasteiger partial charge in [-0.25, -0.2) is 0 Å². The molecule has 0 aliphatic carbocycles. The summed E-state index contributed by atoms with van der Waals surface area (Å²) in [6.07, 6.45) is -0.0348. The monoisotopic (exact) mass is 261 g/mol. The molecule has 1 heterocycles. The second-order valence-corrected chi connectivity index (χ2v) is 4.31. The first kappa shape index (κ1) is 13.3. The molecule has 1 aromatic rings. The number of nitriles is 1. The van der Waals surface area contributed by atoms with E-state index in [2.05, 4.69) is 10.6 Å². The number of aliphatic hydroxyl groups is 1. The van der Waals surface area contributed by atoms with E-state index in [9.17, 15) is 9.90 Å². The number of hydrogen-bond acceptors (Lipinski definition) is 5. The van der Waals surface area contributed by atoms with Gasteiger partial charge in [0, 0.05) is 12.2 Å². The Bertz CT molecular complexity index is 481. The molecule has 1 fully saturated rings. The molecule has 6 heteroatoms. The molecule has 1 aliphatic rings. The number of aliphatic hydroxyl groups excluding tert-OH is 1. The SMILES string of the molecule is N#CCOc1ccc(NC(=O)C2CC(O)CN2)cc1. The topological polar surface area (TPSA) is 94.4 Å². The molecule has 100 valence electrons. The molecule has 6 nitrogen and oxygen atoms in total. The molecule has 2 atom stereocenters. The smallest absolute Gasteiger partial charge is 0.241 e. The molecule has 2 rings (SSSR count). The predicted molar refractivity (Wildman–Crippen MR) is 68.6 cm³/mol. The zero-order chi connectivity index (χ0) is 13.7. The number of hydrogen-bond donors (Lipinski definition) is 3. The number of ether oxygens (including phenoxy) is 1. The largest absolute Gasteiger partial charge is 0.479 e. The average molecular weight is 261 g/mol. The highest BCUT2D eigenvalue weighted by molar-refractivity contribution is 5.95. The van der Waals surface area contributed by atoms with Crippen LogP contribution in [-0.2, 0) is 4.79 Å². The average Bonchev–Trinajstić information content (AvgIpc) is 2.85. The van der Waals surface area contributed by atoms with Gasteiger partial charge >= 0.3 is 0 Å². The Labute approximate surface area is 111 Å². The predicted octanol–water partition coefficient (Wildman–Crippen LogP) is 0.250. The summed E-state index contributed by atoms with van der Waals surface area (Å²) in [5.74, 6) is 0.413.